The molecule has 2 aliphatic heterocycles. The van der Waals surface area contributed by atoms with Crippen LogP contribution < -0.4 is 15.6 Å². The summed E-state index contributed by atoms with van der Waals surface area (Å²) < 4.78 is 20.6. The number of nitrogens with zero attached hydrogens (tertiary/aromatic N) is 5. The second-order valence-corrected chi connectivity index (χ2v) is 6.40. The number of carbonyl (C=O) groups excluding carboxylic acids is 1. The molecule has 9 nitrogen and oxygen atoms in total. The second kappa shape index (κ2) is 7.13. The van der Waals surface area contributed by atoms with E-state index in [9.17, 15) is 4.79 Å². The van der Waals surface area contributed by atoms with E-state index in [1.165, 1.54) is 16.2 Å². The number of hydrogen-bond acceptors (Lipinski definition) is 8. The van der Waals surface area contributed by atoms with Gasteiger partial charge in [-0.15, -0.1) is 0 Å². The Hall–Kier alpha value is -3.11. The highest BCUT2D eigenvalue weighted by Crippen LogP contribution is 2.38. The minimum atomic E-state index is -2.07. The van der Waals surface area contributed by atoms with Crippen LogP contribution in [0.5, 0.6) is 0 Å². The largest absolute Gasteiger partial charge is 0.383 e. The van der Waals surface area contributed by atoms with Gasteiger partial charge in [-0.1, -0.05) is 24.3 Å². The maximum absolute atomic E-state index is 15.6. The third-order valence-electron chi connectivity index (χ3n) is 4.71. The molecule has 10 heteroatoms. The quantitative estimate of drug-likeness (QED) is 0.745. The molecule has 28 heavy (non-hydrogen) atoms. The standard InChI is InChI=1S/C18H20FN7O2/c1-25-18(19,22-11-23-25)13-6-4-3-5-12(13)14-9-20-16-17(24-14)26(7-8-28-2)15(27)10-21-16/h3-6,9,11H,7-8,10H2,1-2H3,(H,20,21)(H,22,23). The summed E-state index contributed by atoms with van der Waals surface area (Å²) in [5.74, 6) is -1.30. The summed E-state index contributed by atoms with van der Waals surface area (Å²) >= 11 is 0. The monoisotopic (exact) mass is 385 g/mol. The second-order valence-electron chi connectivity index (χ2n) is 6.40. The average Bonchev–Trinajstić information content (AvgIpc) is 3.06. The number of benzene rings is 1. The van der Waals surface area contributed by atoms with Gasteiger partial charge in [0, 0.05) is 25.3 Å². The van der Waals surface area contributed by atoms with E-state index < -0.39 is 5.92 Å². The Morgan fingerprint density at radius 2 is 2.18 bits per heavy atom. The van der Waals surface area contributed by atoms with Gasteiger partial charge in [0.1, 0.15) is 6.34 Å². The van der Waals surface area contributed by atoms with Gasteiger partial charge in [-0.2, -0.15) is 9.40 Å². The molecule has 1 unspecified atom stereocenters. The van der Waals surface area contributed by atoms with Crippen LogP contribution in [0.1, 0.15) is 5.56 Å². The van der Waals surface area contributed by atoms with Gasteiger partial charge in [0.25, 0.3) is 0 Å². The van der Waals surface area contributed by atoms with E-state index in [0.717, 1.165) is 0 Å². The van der Waals surface area contributed by atoms with Crippen molar-refractivity contribution >= 4 is 23.9 Å². The van der Waals surface area contributed by atoms with E-state index in [4.69, 9.17) is 4.74 Å². The average molecular weight is 385 g/mol. The number of anilines is 2. The van der Waals surface area contributed by atoms with Gasteiger partial charge in [0.15, 0.2) is 11.6 Å². The molecule has 0 saturated carbocycles. The molecular formula is C18H20FN7O2. The summed E-state index contributed by atoms with van der Waals surface area (Å²) in [7, 11) is 3.14. The summed E-state index contributed by atoms with van der Waals surface area (Å²) in [6.45, 7) is 0.861. The van der Waals surface area contributed by atoms with Crippen molar-refractivity contribution in [3.8, 4) is 11.3 Å². The van der Waals surface area contributed by atoms with Gasteiger partial charge in [-0.25, -0.2) is 15.0 Å². The molecule has 2 aromatic rings. The number of nitrogens with one attached hydrogen (secondary N) is 2. The van der Waals surface area contributed by atoms with Gasteiger partial charge < -0.3 is 15.5 Å². The number of ether oxygens (including phenoxy) is 1. The summed E-state index contributed by atoms with van der Waals surface area (Å²) in [5, 5.41) is 4.23. The van der Waals surface area contributed by atoms with E-state index in [1.54, 1.807) is 44.6 Å². The highest BCUT2D eigenvalue weighted by Gasteiger charge is 2.41. The van der Waals surface area contributed by atoms with Crippen LogP contribution in [0.15, 0.2) is 35.5 Å². The van der Waals surface area contributed by atoms with E-state index in [0.29, 0.717) is 41.6 Å². The number of aromatic nitrogens is 2. The van der Waals surface area contributed by atoms with Gasteiger partial charge in [-0.05, 0) is 0 Å². The van der Waals surface area contributed by atoms with Gasteiger partial charge in [0.05, 0.1) is 31.6 Å². The zero-order valence-corrected chi connectivity index (χ0v) is 15.5. The first-order chi connectivity index (χ1) is 13.5. The molecule has 0 aliphatic carbocycles. The number of fused-ring (bicyclic) bond motifs is 1. The van der Waals surface area contributed by atoms with Crippen LogP contribution in [0.4, 0.5) is 16.0 Å². The molecule has 0 spiro atoms. The number of hydrogen-bond donors (Lipinski definition) is 2. The fourth-order valence-electron chi connectivity index (χ4n) is 3.22. The Bertz CT molecular complexity index is 938. The van der Waals surface area contributed by atoms with Crippen molar-refractivity contribution in [1.82, 2.24) is 20.4 Å². The first-order valence-corrected chi connectivity index (χ1v) is 8.77. The molecule has 1 aromatic carbocycles. The molecule has 146 valence electrons. The zero-order chi connectivity index (χ0) is 19.7. The van der Waals surface area contributed by atoms with Crippen LogP contribution in [0.25, 0.3) is 11.3 Å². The molecular weight excluding hydrogens is 365 g/mol. The molecule has 1 aromatic heterocycles. The zero-order valence-electron chi connectivity index (χ0n) is 15.5. The van der Waals surface area contributed by atoms with Crippen molar-refractivity contribution < 1.29 is 13.9 Å². The number of rotatable bonds is 5. The van der Waals surface area contributed by atoms with Gasteiger partial charge in [-0.3, -0.25) is 9.69 Å². The molecule has 3 heterocycles. The van der Waals surface area contributed by atoms with Crippen LogP contribution >= 0.6 is 0 Å². The number of methoxy groups -OCH3 is 1. The Labute approximate surface area is 161 Å². The predicted octanol–water partition coefficient (Wildman–Crippen LogP) is 1.11. The maximum atomic E-state index is 15.6. The number of halogens is 1. The minimum Gasteiger partial charge on any atom is -0.383 e. The summed E-state index contributed by atoms with van der Waals surface area (Å²) in [5.41, 5.74) is 4.04. The molecule has 2 aliphatic rings. The molecule has 1 atom stereocenters. The Morgan fingerprint density at radius 3 is 2.93 bits per heavy atom. The molecule has 0 bridgehead atoms. The maximum Gasteiger partial charge on any atom is 0.301 e. The molecule has 0 fully saturated rings. The van der Waals surface area contributed by atoms with Crippen molar-refractivity contribution in [3.05, 3.63) is 36.0 Å². The Balaban J connectivity index is 1.79. The van der Waals surface area contributed by atoms with Crippen molar-refractivity contribution in [2.24, 2.45) is 4.99 Å². The number of carbonyl (C=O) groups is 1. The van der Waals surface area contributed by atoms with Crippen LogP contribution in [0.3, 0.4) is 0 Å². The molecule has 4 rings (SSSR count). The van der Waals surface area contributed by atoms with Crippen molar-refractivity contribution in [2.45, 2.75) is 5.92 Å². The van der Waals surface area contributed by atoms with E-state index in [-0.39, 0.29) is 12.5 Å². The highest BCUT2D eigenvalue weighted by molar-refractivity contribution is 6.00. The van der Waals surface area contributed by atoms with E-state index >= 15 is 4.39 Å². The number of alkyl halides is 1. The van der Waals surface area contributed by atoms with E-state index in [2.05, 4.69) is 25.7 Å². The number of amides is 1. The summed E-state index contributed by atoms with van der Waals surface area (Å²) in [4.78, 5) is 26.8. The fourth-order valence-corrected chi connectivity index (χ4v) is 3.22. The Morgan fingerprint density at radius 1 is 1.36 bits per heavy atom. The fraction of sp³-hybridized carbons (Fsp3) is 0.333. The normalized spacial score (nSPS) is 21.4. The van der Waals surface area contributed by atoms with Crippen LogP contribution in [0, 0.1) is 0 Å². The third kappa shape index (κ3) is 2.96. The number of hydrazine groups is 1. The van der Waals surface area contributed by atoms with Gasteiger partial charge in [0.2, 0.25) is 5.91 Å². The number of aliphatic imine (C=N–C) groups is 1. The lowest BCUT2D eigenvalue weighted by Crippen LogP contribution is -2.42. The van der Waals surface area contributed by atoms with Crippen LogP contribution in [-0.2, 0) is 15.4 Å². The molecule has 1 amide bonds. The molecule has 0 radical (unpaired) electrons. The third-order valence-corrected chi connectivity index (χ3v) is 4.71. The molecule has 2 N–H and O–H groups in total. The topological polar surface area (TPSA) is 95.0 Å². The van der Waals surface area contributed by atoms with Crippen molar-refractivity contribution in [1.29, 1.82) is 0 Å². The first-order valence-electron chi connectivity index (χ1n) is 8.77. The smallest absolute Gasteiger partial charge is 0.301 e. The predicted molar refractivity (Wildman–Crippen MR) is 102 cm³/mol. The Kier molecular flexibility index (Phi) is 4.65. The first kappa shape index (κ1) is 18.3. The van der Waals surface area contributed by atoms with Gasteiger partial charge >= 0.3 is 5.92 Å². The minimum absolute atomic E-state index is 0.129. The highest BCUT2D eigenvalue weighted by atomic mass is 19.2. The lowest BCUT2D eigenvalue weighted by molar-refractivity contribution is -0.117. The van der Waals surface area contributed by atoms with Crippen molar-refractivity contribution in [2.75, 3.05) is 44.1 Å². The van der Waals surface area contributed by atoms with Crippen molar-refractivity contribution in [3.63, 3.8) is 0 Å². The van der Waals surface area contributed by atoms with Crippen LogP contribution in [0.2, 0.25) is 0 Å². The SMILES string of the molecule is COCCN1C(=O)CNc2ncc(-c3ccccc3C3(F)N=CNN3C)nc21. The van der Waals surface area contributed by atoms with Crippen LogP contribution in [-0.4, -0.2) is 61.1 Å². The lowest BCUT2D eigenvalue weighted by atomic mass is 10.0. The molecule has 0 saturated heterocycles. The van der Waals surface area contributed by atoms with E-state index in [1.807, 2.05) is 0 Å². The summed E-state index contributed by atoms with van der Waals surface area (Å²) in [6, 6.07) is 6.95. The summed E-state index contributed by atoms with van der Waals surface area (Å²) in [6.07, 6.45) is 2.87. The lowest BCUT2D eigenvalue weighted by Gasteiger charge is -2.29.